The Kier molecular flexibility index (Phi) is 4.88. The highest BCUT2D eigenvalue weighted by Gasteiger charge is 2.27. The van der Waals surface area contributed by atoms with Crippen molar-refractivity contribution < 1.29 is 9.59 Å². The van der Waals surface area contributed by atoms with Crippen molar-refractivity contribution in [1.82, 2.24) is 4.90 Å². The van der Waals surface area contributed by atoms with Gasteiger partial charge in [-0.25, -0.2) is 0 Å². The van der Waals surface area contributed by atoms with Crippen molar-refractivity contribution in [3.05, 3.63) is 34.3 Å². The smallest absolute Gasteiger partial charge is 0.177 e. The molecule has 1 unspecified atom stereocenters. The topological polar surface area (TPSA) is 37.4 Å². The maximum absolute atomic E-state index is 12.3. The highest BCUT2D eigenvalue weighted by atomic mass is 79.9. The molecule has 102 valence electrons. The van der Waals surface area contributed by atoms with E-state index in [1.807, 2.05) is 31.2 Å². The van der Waals surface area contributed by atoms with Crippen LogP contribution in [0.2, 0.25) is 0 Å². The molecule has 2 rings (SSSR count). The number of rotatable bonds is 4. The third kappa shape index (κ3) is 3.51. The lowest BCUT2D eigenvalue weighted by Gasteiger charge is -2.30. The zero-order valence-corrected chi connectivity index (χ0v) is 12.6. The Hall–Kier alpha value is -1.00. The van der Waals surface area contributed by atoms with Gasteiger partial charge in [-0.2, -0.15) is 0 Å². The van der Waals surface area contributed by atoms with Crippen molar-refractivity contribution in [2.75, 3.05) is 19.6 Å². The zero-order valence-electron chi connectivity index (χ0n) is 11.1. The molecule has 0 spiro atoms. The van der Waals surface area contributed by atoms with Crippen molar-refractivity contribution in [3.63, 3.8) is 0 Å². The molecule has 0 radical (unpaired) electrons. The number of Topliss-reactive ketones (excluding diaryl/α,β-unsaturated/α-hetero) is 2. The van der Waals surface area contributed by atoms with E-state index in [-0.39, 0.29) is 11.7 Å². The molecule has 0 saturated carbocycles. The van der Waals surface area contributed by atoms with Crippen molar-refractivity contribution in [3.8, 4) is 0 Å². The van der Waals surface area contributed by atoms with Gasteiger partial charge in [-0.15, -0.1) is 0 Å². The van der Waals surface area contributed by atoms with Gasteiger partial charge >= 0.3 is 0 Å². The van der Waals surface area contributed by atoms with Crippen molar-refractivity contribution in [2.45, 2.75) is 19.8 Å². The normalized spacial score (nSPS) is 20.5. The SMILES string of the molecule is CCC1CN(CC(=O)c2ccccc2Br)CCC1=O. The lowest BCUT2D eigenvalue weighted by molar-refractivity contribution is -0.126. The van der Waals surface area contributed by atoms with Crippen LogP contribution < -0.4 is 0 Å². The molecule has 1 aliphatic heterocycles. The number of piperidine rings is 1. The number of halogens is 1. The Morgan fingerprint density at radius 3 is 2.84 bits per heavy atom. The van der Waals surface area contributed by atoms with Crippen LogP contribution in [-0.4, -0.2) is 36.1 Å². The van der Waals surface area contributed by atoms with Gasteiger partial charge in [0.1, 0.15) is 5.78 Å². The fourth-order valence-corrected chi connectivity index (χ4v) is 2.96. The molecule has 1 heterocycles. The minimum atomic E-state index is 0.0979. The largest absolute Gasteiger partial charge is 0.299 e. The second kappa shape index (κ2) is 6.44. The molecule has 3 nitrogen and oxygen atoms in total. The Morgan fingerprint density at radius 2 is 2.16 bits per heavy atom. The van der Waals surface area contributed by atoms with Crippen LogP contribution in [0.4, 0.5) is 0 Å². The van der Waals surface area contributed by atoms with Gasteiger partial charge in [-0.1, -0.05) is 41.1 Å². The molecule has 19 heavy (non-hydrogen) atoms. The lowest BCUT2D eigenvalue weighted by Crippen LogP contribution is -2.43. The molecule has 4 heteroatoms. The van der Waals surface area contributed by atoms with Crippen LogP contribution in [0.3, 0.4) is 0 Å². The van der Waals surface area contributed by atoms with Crippen molar-refractivity contribution in [1.29, 1.82) is 0 Å². The van der Waals surface area contributed by atoms with Gasteiger partial charge in [0.2, 0.25) is 0 Å². The Labute approximate surface area is 122 Å². The fraction of sp³-hybridized carbons (Fsp3) is 0.467. The highest BCUT2D eigenvalue weighted by Crippen LogP contribution is 2.19. The highest BCUT2D eigenvalue weighted by molar-refractivity contribution is 9.10. The van der Waals surface area contributed by atoms with Gasteiger partial charge in [-0.05, 0) is 12.5 Å². The standard InChI is InChI=1S/C15H18BrNO2/c1-2-11-9-17(8-7-14(11)18)10-15(19)12-5-3-4-6-13(12)16/h3-6,11H,2,7-10H2,1H3. The fourth-order valence-electron chi connectivity index (χ4n) is 2.45. The first-order valence-electron chi connectivity index (χ1n) is 6.64. The van der Waals surface area contributed by atoms with Crippen LogP contribution in [0.25, 0.3) is 0 Å². The summed E-state index contributed by atoms with van der Waals surface area (Å²) >= 11 is 3.40. The van der Waals surface area contributed by atoms with Crippen molar-refractivity contribution >= 4 is 27.5 Å². The second-order valence-corrected chi connectivity index (χ2v) is 5.81. The molecule has 0 aromatic heterocycles. The second-order valence-electron chi connectivity index (χ2n) is 4.96. The average molecular weight is 324 g/mol. The maximum atomic E-state index is 12.3. The molecule has 1 fully saturated rings. The number of likely N-dealkylation sites (tertiary alicyclic amines) is 1. The quantitative estimate of drug-likeness (QED) is 0.799. The van der Waals surface area contributed by atoms with Gasteiger partial charge in [0, 0.05) is 35.5 Å². The Morgan fingerprint density at radius 1 is 1.42 bits per heavy atom. The summed E-state index contributed by atoms with van der Waals surface area (Å²) in [4.78, 5) is 26.0. The van der Waals surface area contributed by atoms with E-state index in [1.165, 1.54) is 0 Å². The third-order valence-corrected chi connectivity index (χ3v) is 4.33. The van der Waals surface area contributed by atoms with E-state index in [0.29, 0.717) is 37.4 Å². The first-order chi connectivity index (χ1) is 9.11. The summed E-state index contributed by atoms with van der Waals surface area (Å²) in [5, 5.41) is 0. The molecule has 0 bridgehead atoms. The van der Waals surface area contributed by atoms with Crippen molar-refractivity contribution in [2.24, 2.45) is 5.92 Å². The van der Waals surface area contributed by atoms with E-state index < -0.39 is 0 Å². The van der Waals surface area contributed by atoms with E-state index in [0.717, 1.165) is 10.9 Å². The minimum Gasteiger partial charge on any atom is -0.299 e. The summed E-state index contributed by atoms with van der Waals surface area (Å²) < 4.78 is 0.833. The van der Waals surface area contributed by atoms with Gasteiger partial charge in [-0.3, -0.25) is 14.5 Å². The van der Waals surface area contributed by atoms with E-state index in [1.54, 1.807) is 0 Å². The Bertz CT molecular complexity index is 487. The lowest BCUT2D eigenvalue weighted by atomic mass is 9.94. The molecule has 1 aromatic carbocycles. The van der Waals surface area contributed by atoms with E-state index in [4.69, 9.17) is 0 Å². The van der Waals surface area contributed by atoms with Crippen LogP contribution in [0.1, 0.15) is 30.1 Å². The molecular weight excluding hydrogens is 306 g/mol. The van der Waals surface area contributed by atoms with E-state index in [2.05, 4.69) is 20.8 Å². The van der Waals surface area contributed by atoms with Crippen LogP contribution in [-0.2, 0) is 4.79 Å². The van der Waals surface area contributed by atoms with Crippen LogP contribution in [0.15, 0.2) is 28.7 Å². The first-order valence-corrected chi connectivity index (χ1v) is 7.44. The van der Waals surface area contributed by atoms with Crippen LogP contribution in [0, 0.1) is 5.92 Å². The van der Waals surface area contributed by atoms with Crippen LogP contribution in [0.5, 0.6) is 0 Å². The Balaban J connectivity index is 2.00. The zero-order chi connectivity index (χ0) is 13.8. The number of benzene rings is 1. The molecule has 1 atom stereocenters. The molecule has 0 N–H and O–H groups in total. The van der Waals surface area contributed by atoms with Gasteiger partial charge in [0.05, 0.1) is 6.54 Å². The number of nitrogens with zero attached hydrogens (tertiary/aromatic N) is 1. The molecule has 1 aliphatic rings. The number of ketones is 2. The summed E-state index contributed by atoms with van der Waals surface area (Å²) in [5.74, 6) is 0.546. The first kappa shape index (κ1) is 14.4. The summed E-state index contributed by atoms with van der Waals surface area (Å²) in [7, 11) is 0. The summed E-state index contributed by atoms with van der Waals surface area (Å²) in [6.45, 7) is 3.84. The van der Waals surface area contributed by atoms with Gasteiger partial charge < -0.3 is 0 Å². The number of hydrogen-bond donors (Lipinski definition) is 0. The third-order valence-electron chi connectivity index (χ3n) is 3.64. The van der Waals surface area contributed by atoms with Gasteiger partial charge in [0.15, 0.2) is 5.78 Å². The number of hydrogen-bond acceptors (Lipinski definition) is 3. The molecular formula is C15H18BrNO2. The monoisotopic (exact) mass is 323 g/mol. The average Bonchev–Trinajstić information content (AvgIpc) is 2.41. The molecule has 1 saturated heterocycles. The summed E-state index contributed by atoms with van der Waals surface area (Å²) in [5.41, 5.74) is 0.715. The summed E-state index contributed by atoms with van der Waals surface area (Å²) in [6, 6.07) is 7.47. The molecule has 0 aliphatic carbocycles. The minimum absolute atomic E-state index is 0.0979. The molecule has 1 aromatic rings. The van der Waals surface area contributed by atoms with Gasteiger partial charge in [0.25, 0.3) is 0 Å². The maximum Gasteiger partial charge on any atom is 0.177 e. The van der Waals surface area contributed by atoms with E-state index >= 15 is 0 Å². The van der Waals surface area contributed by atoms with E-state index in [9.17, 15) is 9.59 Å². The number of carbonyl (C=O) groups excluding carboxylic acids is 2. The number of carbonyl (C=O) groups is 2. The predicted molar refractivity (Wildman–Crippen MR) is 78.3 cm³/mol. The van der Waals surface area contributed by atoms with Crippen LogP contribution >= 0.6 is 15.9 Å². The summed E-state index contributed by atoms with van der Waals surface area (Å²) in [6.07, 6.45) is 1.43. The molecule has 0 amide bonds. The predicted octanol–water partition coefficient (Wildman–Crippen LogP) is 2.93.